The summed E-state index contributed by atoms with van der Waals surface area (Å²) in [6.45, 7) is -0.146. The molecule has 0 aromatic heterocycles. The van der Waals surface area contributed by atoms with Gasteiger partial charge < -0.3 is 5.11 Å². The van der Waals surface area contributed by atoms with Crippen molar-refractivity contribution < 1.29 is 22.3 Å². The fraction of sp³-hybridized carbons (Fsp3) is 0.455. The van der Waals surface area contributed by atoms with E-state index in [1.54, 1.807) is 0 Å². The summed E-state index contributed by atoms with van der Waals surface area (Å²) < 4.78 is 49.6. The molecule has 0 atom stereocenters. The first-order valence-corrected chi connectivity index (χ1v) is 6.94. The molecule has 0 fully saturated rings. The summed E-state index contributed by atoms with van der Waals surface area (Å²) in [5.74, 6) is -3.13. The van der Waals surface area contributed by atoms with E-state index in [1.165, 1.54) is 12.1 Å². The van der Waals surface area contributed by atoms with E-state index in [1.807, 2.05) is 0 Å². The minimum Gasteiger partial charge on any atom is -0.396 e. The summed E-state index contributed by atoms with van der Waals surface area (Å²) in [4.78, 5) is -0.332. The lowest BCUT2D eigenvalue weighted by Gasteiger charge is -2.17. The zero-order valence-corrected chi connectivity index (χ0v) is 10.5. The number of halogens is 2. The van der Waals surface area contributed by atoms with Crippen LogP contribution in [0, 0.1) is 0 Å². The molecule has 7 heteroatoms. The zero-order valence-electron chi connectivity index (χ0n) is 9.64. The van der Waals surface area contributed by atoms with Gasteiger partial charge in [-0.2, -0.15) is 0 Å². The summed E-state index contributed by atoms with van der Waals surface area (Å²) in [6, 6.07) is 4.44. The van der Waals surface area contributed by atoms with Gasteiger partial charge in [0, 0.05) is 18.6 Å². The van der Waals surface area contributed by atoms with Crippen LogP contribution in [0.2, 0.25) is 0 Å². The predicted molar refractivity (Wildman–Crippen MR) is 62.6 cm³/mol. The summed E-state index contributed by atoms with van der Waals surface area (Å²) in [5.41, 5.74) is -0.382. The van der Waals surface area contributed by atoms with Crippen molar-refractivity contribution in [3.63, 3.8) is 0 Å². The van der Waals surface area contributed by atoms with Crippen LogP contribution in [0.25, 0.3) is 0 Å². The Kier molecular flexibility index (Phi) is 4.78. The van der Waals surface area contributed by atoms with Gasteiger partial charge in [-0.1, -0.05) is 12.1 Å². The first-order chi connectivity index (χ1) is 8.27. The van der Waals surface area contributed by atoms with Gasteiger partial charge in [-0.15, -0.1) is 0 Å². The number of hydrogen-bond donors (Lipinski definition) is 2. The van der Waals surface area contributed by atoms with Crippen molar-refractivity contribution in [2.24, 2.45) is 5.14 Å². The van der Waals surface area contributed by atoms with E-state index in [2.05, 4.69) is 0 Å². The first kappa shape index (κ1) is 15.0. The minimum atomic E-state index is -3.98. The molecule has 0 heterocycles. The molecule has 0 aliphatic heterocycles. The van der Waals surface area contributed by atoms with Crippen molar-refractivity contribution in [1.82, 2.24) is 0 Å². The van der Waals surface area contributed by atoms with Crippen LogP contribution in [0.15, 0.2) is 29.2 Å². The largest absolute Gasteiger partial charge is 0.396 e. The number of hydrogen-bond acceptors (Lipinski definition) is 3. The minimum absolute atomic E-state index is 0.146. The Morgan fingerprint density at radius 2 is 1.94 bits per heavy atom. The molecule has 0 saturated carbocycles. The van der Waals surface area contributed by atoms with Crippen LogP contribution >= 0.6 is 0 Å². The highest BCUT2D eigenvalue weighted by molar-refractivity contribution is 7.89. The van der Waals surface area contributed by atoms with Crippen LogP contribution in [-0.2, 0) is 15.9 Å². The first-order valence-electron chi connectivity index (χ1n) is 5.39. The molecule has 3 N–H and O–H groups in total. The number of sulfonamides is 1. The third-order valence-electron chi connectivity index (χ3n) is 2.48. The number of aliphatic hydroxyl groups excluding tert-OH is 1. The van der Waals surface area contributed by atoms with Crippen LogP contribution in [0.5, 0.6) is 0 Å². The molecule has 0 unspecified atom stereocenters. The van der Waals surface area contributed by atoms with Crippen LogP contribution in [-0.4, -0.2) is 20.1 Å². The number of benzene rings is 1. The van der Waals surface area contributed by atoms with Crippen molar-refractivity contribution in [2.45, 2.75) is 30.1 Å². The second-order valence-corrected chi connectivity index (χ2v) is 5.52. The lowest BCUT2D eigenvalue weighted by molar-refractivity contribution is -0.0167. The van der Waals surface area contributed by atoms with Crippen LogP contribution in [0.1, 0.15) is 24.8 Å². The summed E-state index contributed by atoms with van der Waals surface area (Å²) in [6.07, 6.45) is -0.00476. The maximum atomic E-state index is 13.7. The fourth-order valence-electron chi connectivity index (χ4n) is 1.50. The molecule has 0 amide bonds. The van der Waals surface area contributed by atoms with E-state index < -0.39 is 22.4 Å². The molecule has 18 heavy (non-hydrogen) atoms. The van der Waals surface area contributed by atoms with Crippen molar-refractivity contribution in [3.05, 3.63) is 29.8 Å². The van der Waals surface area contributed by atoms with Gasteiger partial charge in [-0.25, -0.2) is 22.3 Å². The van der Waals surface area contributed by atoms with E-state index in [0.29, 0.717) is 0 Å². The molecule has 0 aliphatic rings. The number of rotatable bonds is 6. The average Bonchev–Trinajstić information content (AvgIpc) is 2.28. The quantitative estimate of drug-likeness (QED) is 0.776. The molecule has 0 aliphatic carbocycles. The Morgan fingerprint density at radius 3 is 2.50 bits per heavy atom. The third-order valence-corrected chi connectivity index (χ3v) is 3.39. The second-order valence-electron chi connectivity index (χ2n) is 3.96. The molecular formula is C11H15F2NO3S. The highest BCUT2D eigenvalue weighted by Gasteiger charge is 2.31. The number of aliphatic hydroxyl groups is 1. The van der Waals surface area contributed by atoms with Gasteiger partial charge in [0.05, 0.1) is 4.90 Å². The van der Waals surface area contributed by atoms with Crippen molar-refractivity contribution in [3.8, 4) is 0 Å². The van der Waals surface area contributed by atoms with Gasteiger partial charge in [0.2, 0.25) is 10.0 Å². The predicted octanol–water partition coefficient (Wildman–Crippen LogP) is 1.59. The Labute approximate surface area is 104 Å². The van der Waals surface area contributed by atoms with Gasteiger partial charge in [0.15, 0.2) is 0 Å². The molecule has 0 bridgehead atoms. The van der Waals surface area contributed by atoms with E-state index >= 15 is 0 Å². The van der Waals surface area contributed by atoms with E-state index in [-0.39, 0.29) is 29.9 Å². The van der Waals surface area contributed by atoms with Gasteiger partial charge in [0.25, 0.3) is 5.92 Å². The molecular weight excluding hydrogens is 264 g/mol. The SMILES string of the molecule is NS(=O)(=O)c1cccc(C(F)(F)CCCCO)c1. The molecule has 1 aromatic carbocycles. The Balaban J connectivity index is 2.95. The van der Waals surface area contributed by atoms with Crippen LogP contribution in [0.4, 0.5) is 8.78 Å². The molecule has 0 radical (unpaired) electrons. The van der Waals surface area contributed by atoms with Gasteiger partial charge >= 0.3 is 0 Å². The van der Waals surface area contributed by atoms with Crippen LogP contribution in [0.3, 0.4) is 0 Å². The average molecular weight is 279 g/mol. The zero-order chi connectivity index (χ0) is 13.8. The Hall–Kier alpha value is -1.05. The second kappa shape index (κ2) is 5.73. The van der Waals surface area contributed by atoms with E-state index in [0.717, 1.165) is 12.1 Å². The number of primary sulfonamides is 1. The smallest absolute Gasteiger partial charge is 0.273 e. The van der Waals surface area contributed by atoms with Crippen molar-refractivity contribution in [1.29, 1.82) is 0 Å². The van der Waals surface area contributed by atoms with E-state index in [4.69, 9.17) is 10.2 Å². The molecule has 1 aromatic rings. The topological polar surface area (TPSA) is 80.4 Å². The molecule has 102 valence electrons. The molecule has 0 saturated heterocycles. The lowest BCUT2D eigenvalue weighted by Crippen LogP contribution is -2.16. The van der Waals surface area contributed by atoms with Crippen molar-refractivity contribution in [2.75, 3.05) is 6.61 Å². The number of nitrogens with two attached hydrogens (primary N) is 1. The summed E-state index contributed by atoms with van der Waals surface area (Å²) >= 11 is 0. The lowest BCUT2D eigenvalue weighted by atomic mass is 10.0. The van der Waals surface area contributed by atoms with Gasteiger partial charge in [-0.3, -0.25) is 0 Å². The maximum Gasteiger partial charge on any atom is 0.273 e. The summed E-state index contributed by atoms with van der Waals surface area (Å²) in [5, 5.41) is 13.4. The Bertz CT molecular complexity index is 503. The standard InChI is InChI=1S/C11H15F2NO3S/c12-11(13,6-1-2-7-15)9-4-3-5-10(8-9)18(14,16)17/h3-5,8,15H,1-2,6-7H2,(H2,14,16,17). The maximum absolute atomic E-state index is 13.7. The highest BCUT2D eigenvalue weighted by atomic mass is 32.2. The van der Waals surface area contributed by atoms with Gasteiger partial charge in [0.1, 0.15) is 0 Å². The molecule has 0 spiro atoms. The van der Waals surface area contributed by atoms with Crippen LogP contribution < -0.4 is 5.14 Å². The highest BCUT2D eigenvalue weighted by Crippen LogP contribution is 2.34. The van der Waals surface area contributed by atoms with Gasteiger partial charge in [-0.05, 0) is 25.0 Å². The molecule has 1 rings (SSSR count). The Morgan fingerprint density at radius 1 is 1.28 bits per heavy atom. The summed E-state index contributed by atoms with van der Waals surface area (Å²) in [7, 11) is -3.98. The fourth-order valence-corrected chi connectivity index (χ4v) is 2.06. The number of alkyl halides is 2. The third kappa shape index (κ3) is 4.01. The van der Waals surface area contributed by atoms with E-state index in [9.17, 15) is 17.2 Å². The van der Waals surface area contributed by atoms with Crippen molar-refractivity contribution >= 4 is 10.0 Å². The number of unbranched alkanes of at least 4 members (excludes halogenated alkanes) is 1. The monoisotopic (exact) mass is 279 g/mol. The molecule has 4 nitrogen and oxygen atoms in total. The normalized spacial score (nSPS) is 12.7.